The predicted molar refractivity (Wildman–Crippen MR) is 115 cm³/mol. The summed E-state index contributed by atoms with van der Waals surface area (Å²) in [5, 5.41) is 5.77. The van der Waals surface area contributed by atoms with Gasteiger partial charge in [-0.15, -0.1) is 0 Å². The normalized spacial score (nSPS) is 10.3. The number of amides is 2. The first kappa shape index (κ1) is 19.8. The van der Waals surface area contributed by atoms with Gasteiger partial charge in [0.15, 0.2) is 0 Å². The molecule has 5 heteroatoms. The summed E-state index contributed by atoms with van der Waals surface area (Å²) in [7, 11) is 0. The summed E-state index contributed by atoms with van der Waals surface area (Å²) in [5.74, 6) is -0.364. The highest BCUT2D eigenvalue weighted by molar-refractivity contribution is 9.10. The van der Waals surface area contributed by atoms with Crippen molar-refractivity contribution in [1.82, 2.24) is 5.32 Å². The summed E-state index contributed by atoms with van der Waals surface area (Å²) in [6.45, 7) is 0.531. The largest absolute Gasteiger partial charge is 0.352 e. The Labute approximate surface area is 173 Å². The van der Waals surface area contributed by atoms with Gasteiger partial charge in [0.05, 0.1) is 17.7 Å². The fraction of sp³-hybridized carbons (Fsp3) is 0.130. The van der Waals surface area contributed by atoms with Gasteiger partial charge < -0.3 is 10.6 Å². The molecule has 0 aliphatic heterocycles. The van der Waals surface area contributed by atoms with Crippen molar-refractivity contribution in [3.05, 3.63) is 100 Å². The van der Waals surface area contributed by atoms with Gasteiger partial charge in [-0.1, -0.05) is 70.5 Å². The molecular formula is C23H21BrN2O2. The second-order valence-corrected chi connectivity index (χ2v) is 7.31. The molecule has 2 amide bonds. The maximum atomic E-state index is 12.6. The number of benzene rings is 3. The van der Waals surface area contributed by atoms with E-state index < -0.39 is 0 Å². The first-order valence-corrected chi connectivity index (χ1v) is 9.86. The van der Waals surface area contributed by atoms with Crippen LogP contribution in [0.25, 0.3) is 0 Å². The number of carbonyl (C=O) groups is 2. The highest BCUT2D eigenvalue weighted by atomic mass is 79.9. The standard InChI is InChI=1S/C23H21BrN2O2/c24-19-10-6-9-18(15-19)16-22(27)26-21-12-5-4-11-20(21)23(28)25-14-13-17-7-2-1-3-8-17/h1-12,15H,13-14,16H2,(H,25,28)(H,26,27). The van der Waals surface area contributed by atoms with Crippen LogP contribution < -0.4 is 10.6 Å². The molecule has 0 unspecified atom stereocenters. The van der Waals surface area contributed by atoms with Crippen molar-refractivity contribution in [2.75, 3.05) is 11.9 Å². The number of rotatable bonds is 7. The van der Waals surface area contributed by atoms with E-state index in [1.807, 2.05) is 54.6 Å². The number of halogens is 1. The Bertz CT molecular complexity index is 958. The van der Waals surface area contributed by atoms with Crippen molar-refractivity contribution >= 4 is 33.4 Å². The molecule has 3 aromatic carbocycles. The van der Waals surface area contributed by atoms with Crippen LogP contribution in [0.5, 0.6) is 0 Å². The zero-order valence-corrected chi connectivity index (χ0v) is 16.9. The van der Waals surface area contributed by atoms with Crippen molar-refractivity contribution < 1.29 is 9.59 Å². The van der Waals surface area contributed by atoms with Gasteiger partial charge in [0, 0.05) is 11.0 Å². The SMILES string of the molecule is O=C(Cc1cccc(Br)c1)Nc1ccccc1C(=O)NCCc1ccccc1. The fourth-order valence-corrected chi connectivity index (χ4v) is 3.32. The lowest BCUT2D eigenvalue weighted by molar-refractivity contribution is -0.115. The van der Waals surface area contributed by atoms with Crippen LogP contribution in [-0.4, -0.2) is 18.4 Å². The molecule has 3 rings (SSSR count). The molecule has 0 fully saturated rings. The van der Waals surface area contributed by atoms with Gasteiger partial charge in [0.25, 0.3) is 5.91 Å². The van der Waals surface area contributed by atoms with E-state index in [4.69, 9.17) is 0 Å². The van der Waals surface area contributed by atoms with Gasteiger partial charge in [0.2, 0.25) is 5.91 Å². The van der Waals surface area contributed by atoms with Crippen molar-refractivity contribution in [1.29, 1.82) is 0 Å². The quantitative estimate of drug-likeness (QED) is 0.568. The number of hydrogen-bond donors (Lipinski definition) is 2. The lowest BCUT2D eigenvalue weighted by atomic mass is 10.1. The topological polar surface area (TPSA) is 58.2 Å². The molecule has 0 saturated carbocycles. The second kappa shape index (κ2) is 9.85. The molecule has 0 heterocycles. The lowest BCUT2D eigenvalue weighted by Gasteiger charge is -2.12. The van der Waals surface area contributed by atoms with Crippen LogP contribution in [0.15, 0.2) is 83.3 Å². The molecule has 0 spiro atoms. The van der Waals surface area contributed by atoms with E-state index in [-0.39, 0.29) is 18.2 Å². The summed E-state index contributed by atoms with van der Waals surface area (Å²) in [4.78, 5) is 25.0. The van der Waals surface area contributed by atoms with Crippen LogP contribution in [0.2, 0.25) is 0 Å². The summed E-state index contributed by atoms with van der Waals surface area (Å²) in [6, 6.07) is 24.6. The minimum absolute atomic E-state index is 0.164. The zero-order valence-electron chi connectivity index (χ0n) is 15.3. The van der Waals surface area contributed by atoms with Gasteiger partial charge >= 0.3 is 0 Å². The molecule has 0 radical (unpaired) electrons. The molecule has 0 bridgehead atoms. The molecule has 142 valence electrons. The van der Waals surface area contributed by atoms with Crippen LogP contribution >= 0.6 is 15.9 Å². The van der Waals surface area contributed by atoms with Crippen molar-refractivity contribution in [3.63, 3.8) is 0 Å². The van der Waals surface area contributed by atoms with Gasteiger partial charge in [-0.05, 0) is 41.8 Å². The van der Waals surface area contributed by atoms with Crippen molar-refractivity contribution in [3.8, 4) is 0 Å². The Balaban J connectivity index is 1.60. The third kappa shape index (κ3) is 5.79. The highest BCUT2D eigenvalue weighted by Crippen LogP contribution is 2.17. The Morgan fingerprint density at radius 3 is 2.32 bits per heavy atom. The lowest BCUT2D eigenvalue weighted by Crippen LogP contribution is -2.27. The van der Waals surface area contributed by atoms with Gasteiger partial charge in [-0.25, -0.2) is 0 Å². The summed E-state index contributed by atoms with van der Waals surface area (Å²) in [6.07, 6.45) is 0.993. The third-order valence-electron chi connectivity index (χ3n) is 4.24. The van der Waals surface area contributed by atoms with Crippen LogP contribution in [0.1, 0.15) is 21.5 Å². The fourth-order valence-electron chi connectivity index (χ4n) is 2.88. The molecular weight excluding hydrogens is 416 g/mol. The smallest absolute Gasteiger partial charge is 0.253 e. The number of hydrogen-bond acceptors (Lipinski definition) is 2. The average Bonchev–Trinajstić information content (AvgIpc) is 2.69. The van der Waals surface area contributed by atoms with E-state index in [1.54, 1.807) is 24.3 Å². The van der Waals surface area contributed by atoms with Gasteiger partial charge in [-0.2, -0.15) is 0 Å². The van der Waals surface area contributed by atoms with E-state index in [9.17, 15) is 9.59 Å². The molecule has 0 saturated heterocycles. The van der Waals surface area contributed by atoms with Crippen LogP contribution in [-0.2, 0) is 17.6 Å². The molecule has 2 N–H and O–H groups in total. The van der Waals surface area contributed by atoms with E-state index in [2.05, 4.69) is 26.6 Å². The number of carbonyl (C=O) groups excluding carboxylic acids is 2. The molecule has 0 aromatic heterocycles. The summed E-state index contributed by atoms with van der Waals surface area (Å²) >= 11 is 3.41. The van der Waals surface area contributed by atoms with Crippen molar-refractivity contribution in [2.24, 2.45) is 0 Å². The van der Waals surface area contributed by atoms with Crippen molar-refractivity contribution in [2.45, 2.75) is 12.8 Å². The average molecular weight is 437 g/mol. The van der Waals surface area contributed by atoms with E-state index in [1.165, 1.54) is 5.56 Å². The predicted octanol–water partition coefficient (Wildman–Crippen LogP) is 4.60. The maximum Gasteiger partial charge on any atom is 0.253 e. The molecule has 0 aliphatic rings. The monoisotopic (exact) mass is 436 g/mol. The molecule has 3 aromatic rings. The van der Waals surface area contributed by atoms with E-state index in [0.717, 1.165) is 16.5 Å². The van der Waals surface area contributed by atoms with Gasteiger partial charge in [-0.3, -0.25) is 9.59 Å². The molecule has 28 heavy (non-hydrogen) atoms. The minimum Gasteiger partial charge on any atom is -0.352 e. The number of anilines is 1. The Morgan fingerprint density at radius 1 is 0.821 bits per heavy atom. The highest BCUT2D eigenvalue weighted by Gasteiger charge is 2.13. The summed E-state index contributed by atoms with van der Waals surface area (Å²) in [5.41, 5.74) is 3.04. The number of nitrogens with one attached hydrogen (secondary N) is 2. The summed E-state index contributed by atoms with van der Waals surface area (Å²) < 4.78 is 0.927. The second-order valence-electron chi connectivity index (χ2n) is 6.39. The number of para-hydroxylation sites is 1. The first-order valence-electron chi connectivity index (χ1n) is 9.07. The van der Waals surface area contributed by atoms with Crippen LogP contribution in [0.4, 0.5) is 5.69 Å². The zero-order chi connectivity index (χ0) is 19.8. The maximum absolute atomic E-state index is 12.6. The third-order valence-corrected chi connectivity index (χ3v) is 4.73. The Hall–Kier alpha value is -2.92. The minimum atomic E-state index is -0.200. The first-order chi connectivity index (χ1) is 13.6. The molecule has 4 nitrogen and oxygen atoms in total. The molecule has 0 aliphatic carbocycles. The van der Waals surface area contributed by atoms with E-state index in [0.29, 0.717) is 17.8 Å². The van der Waals surface area contributed by atoms with Gasteiger partial charge in [0.1, 0.15) is 0 Å². The van der Waals surface area contributed by atoms with E-state index >= 15 is 0 Å². The Kier molecular flexibility index (Phi) is 6.98. The van der Waals surface area contributed by atoms with Crippen LogP contribution in [0, 0.1) is 0 Å². The van der Waals surface area contributed by atoms with Crippen LogP contribution in [0.3, 0.4) is 0 Å². The Morgan fingerprint density at radius 2 is 1.54 bits per heavy atom. The molecule has 0 atom stereocenters.